The molecule has 0 bridgehead atoms. The van der Waals surface area contributed by atoms with Crippen molar-refractivity contribution in [2.75, 3.05) is 11.9 Å². The number of hydrogen-bond acceptors (Lipinski definition) is 3. The van der Waals surface area contributed by atoms with Crippen molar-refractivity contribution in [3.05, 3.63) is 28.2 Å². The molecule has 1 rings (SSSR count). The highest BCUT2D eigenvalue weighted by Crippen LogP contribution is 2.25. The lowest BCUT2D eigenvalue weighted by Crippen LogP contribution is -2.31. The first-order chi connectivity index (χ1) is 9.38. The van der Waals surface area contributed by atoms with Gasteiger partial charge in [-0.25, -0.2) is 0 Å². The van der Waals surface area contributed by atoms with Gasteiger partial charge in [-0.1, -0.05) is 47.4 Å². The molecule has 0 aliphatic rings. The smallest absolute Gasteiger partial charge is 0.144 e. The highest BCUT2D eigenvalue weighted by molar-refractivity contribution is 9.10. The molecule has 0 spiro atoms. The Balaban J connectivity index is 2.34. The first-order valence-corrected chi connectivity index (χ1v) is 7.65. The zero-order chi connectivity index (χ0) is 15.2. The van der Waals surface area contributed by atoms with Crippen LogP contribution in [0.2, 0.25) is 0 Å². The van der Waals surface area contributed by atoms with Crippen LogP contribution in [0.1, 0.15) is 38.7 Å². The number of nitrogens with one attached hydrogen (secondary N) is 1. The molecular formula is C15H24BrN3O. The van der Waals surface area contributed by atoms with E-state index in [9.17, 15) is 0 Å². The molecular weight excluding hydrogens is 318 g/mol. The van der Waals surface area contributed by atoms with E-state index in [0.717, 1.165) is 36.0 Å². The number of oxime groups is 1. The summed E-state index contributed by atoms with van der Waals surface area (Å²) in [5.74, 6) is 0.299. The SMILES string of the molecule is Cc1c(Br)cccc1NCCCCC(C)(C)/C(N)=N/O. The molecule has 0 heterocycles. The van der Waals surface area contributed by atoms with Crippen LogP contribution in [-0.2, 0) is 0 Å². The normalized spacial score (nSPS) is 12.5. The summed E-state index contributed by atoms with van der Waals surface area (Å²) in [5.41, 5.74) is 7.81. The molecule has 0 atom stereocenters. The summed E-state index contributed by atoms with van der Waals surface area (Å²) in [6, 6.07) is 6.15. The molecule has 0 radical (unpaired) electrons. The number of hydrogen-bond donors (Lipinski definition) is 3. The van der Waals surface area contributed by atoms with E-state index in [1.165, 1.54) is 5.56 Å². The second-order valence-electron chi connectivity index (χ2n) is 5.67. The summed E-state index contributed by atoms with van der Waals surface area (Å²) < 4.78 is 1.12. The molecule has 0 fully saturated rings. The van der Waals surface area contributed by atoms with Gasteiger partial charge in [-0.05, 0) is 37.5 Å². The van der Waals surface area contributed by atoms with Gasteiger partial charge in [0.2, 0.25) is 0 Å². The van der Waals surface area contributed by atoms with Crippen molar-refractivity contribution in [3.63, 3.8) is 0 Å². The van der Waals surface area contributed by atoms with Crippen LogP contribution in [0.4, 0.5) is 5.69 Å². The number of nitrogens with two attached hydrogens (primary N) is 1. The van der Waals surface area contributed by atoms with Crippen LogP contribution < -0.4 is 11.1 Å². The van der Waals surface area contributed by atoms with Gasteiger partial charge in [0, 0.05) is 22.1 Å². The predicted octanol–water partition coefficient (Wildman–Crippen LogP) is 4.11. The van der Waals surface area contributed by atoms with Crippen molar-refractivity contribution in [3.8, 4) is 0 Å². The quantitative estimate of drug-likeness (QED) is 0.230. The maximum atomic E-state index is 8.72. The minimum Gasteiger partial charge on any atom is -0.409 e. The second-order valence-corrected chi connectivity index (χ2v) is 6.52. The van der Waals surface area contributed by atoms with E-state index < -0.39 is 0 Å². The van der Waals surface area contributed by atoms with Crippen molar-refractivity contribution in [2.24, 2.45) is 16.3 Å². The number of unbranched alkanes of at least 4 members (excludes halogenated alkanes) is 1. The third-order valence-corrected chi connectivity index (χ3v) is 4.47. The molecule has 0 unspecified atom stereocenters. The lowest BCUT2D eigenvalue weighted by molar-refractivity contribution is 0.304. The van der Waals surface area contributed by atoms with Crippen molar-refractivity contribution < 1.29 is 5.21 Å². The Morgan fingerprint density at radius 3 is 2.75 bits per heavy atom. The van der Waals surface area contributed by atoms with Gasteiger partial charge in [-0.15, -0.1) is 0 Å². The summed E-state index contributed by atoms with van der Waals surface area (Å²) in [7, 11) is 0. The monoisotopic (exact) mass is 341 g/mol. The molecule has 112 valence electrons. The van der Waals surface area contributed by atoms with E-state index >= 15 is 0 Å². The summed E-state index contributed by atoms with van der Waals surface area (Å²) in [6.07, 6.45) is 2.99. The summed E-state index contributed by atoms with van der Waals surface area (Å²) in [5, 5.41) is 15.3. The Hall–Kier alpha value is -1.23. The minimum atomic E-state index is -0.250. The molecule has 20 heavy (non-hydrogen) atoms. The fraction of sp³-hybridized carbons (Fsp3) is 0.533. The summed E-state index contributed by atoms with van der Waals surface area (Å²) >= 11 is 3.53. The Morgan fingerprint density at radius 1 is 1.40 bits per heavy atom. The van der Waals surface area contributed by atoms with Gasteiger partial charge in [-0.2, -0.15) is 0 Å². The van der Waals surface area contributed by atoms with Crippen molar-refractivity contribution in [1.82, 2.24) is 0 Å². The van der Waals surface area contributed by atoms with E-state index in [1.54, 1.807) is 0 Å². The molecule has 5 heteroatoms. The summed E-state index contributed by atoms with van der Waals surface area (Å²) in [6.45, 7) is 7.00. The Kier molecular flexibility index (Phi) is 6.33. The van der Waals surface area contributed by atoms with Gasteiger partial charge >= 0.3 is 0 Å². The predicted molar refractivity (Wildman–Crippen MR) is 88.4 cm³/mol. The zero-order valence-electron chi connectivity index (χ0n) is 12.4. The van der Waals surface area contributed by atoms with Gasteiger partial charge in [0.1, 0.15) is 5.84 Å². The Bertz CT molecular complexity index is 472. The van der Waals surface area contributed by atoms with E-state index in [-0.39, 0.29) is 5.41 Å². The zero-order valence-corrected chi connectivity index (χ0v) is 14.0. The lowest BCUT2D eigenvalue weighted by atomic mass is 9.86. The third kappa shape index (κ3) is 4.71. The van der Waals surface area contributed by atoms with Crippen LogP contribution in [-0.4, -0.2) is 17.6 Å². The number of benzene rings is 1. The maximum Gasteiger partial charge on any atom is 0.144 e. The van der Waals surface area contributed by atoms with E-state index in [2.05, 4.69) is 39.4 Å². The number of anilines is 1. The number of nitrogens with zero attached hydrogens (tertiary/aromatic N) is 1. The first kappa shape index (κ1) is 16.8. The first-order valence-electron chi connectivity index (χ1n) is 6.85. The fourth-order valence-corrected chi connectivity index (χ4v) is 2.34. The highest BCUT2D eigenvalue weighted by Gasteiger charge is 2.22. The van der Waals surface area contributed by atoms with Crippen molar-refractivity contribution in [1.29, 1.82) is 0 Å². The van der Waals surface area contributed by atoms with Gasteiger partial charge in [0.25, 0.3) is 0 Å². The van der Waals surface area contributed by atoms with Gasteiger partial charge < -0.3 is 16.3 Å². The molecule has 4 N–H and O–H groups in total. The van der Waals surface area contributed by atoms with E-state index in [1.807, 2.05) is 26.0 Å². The van der Waals surface area contributed by atoms with E-state index in [0.29, 0.717) is 5.84 Å². The molecule has 0 amide bonds. The topological polar surface area (TPSA) is 70.6 Å². The fourth-order valence-electron chi connectivity index (χ4n) is 1.98. The van der Waals surface area contributed by atoms with Crippen LogP contribution >= 0.6 is 15.9 Å². The lowest BCUT2D eigenvalue weighted by Gasteiger charge is -2.22. The van der Waals surface area contributed by atoms with Crippen LogP contribution in [0.5, 0.6) is 0 Å². The average molecular weight is 342 g/mol. The van der Waals surface area contributed by atoms with Crippen LogP contribution in [0, 0.1) is 12.3 Å². The van der Waals surface area contributed by atoms with Gasteiger partial charge in [-0.3, -0.25) is 0 Å². The van der Waals surface area contributed by atoms with Crippen molar-refractivity contribution >= 4 is 27.5 Å². The molecule has 1 aromatic carbocycles. The molecule has 0 aliphatic heterocycles. The largest absolute Gasteiger partial charge is 0.409 e. The Morgan fingerprint density at radius 2 is 2.10 bits per heavy atom. The highest BCUT2D eigenvalue weighted by atomic mass is 79.9. The molecule has 4 nitrogen and oxygen atoms in total. The molecule has 0 aliphatic carbocycles. The molecule has 1 aromatic rings. The standard InChI is InChI=1S/C15H24BrN3O/c1-11-12(16)7-6-8-13(11)18-10-5-4-9-15(2,3)14(17)19-20/h6-8,18,20H,4-5,9-10H2,1-3H3,(H2,17,19). The van der Waals surface area contributed by atoms with E-state index in [4.69, 9.17) is 10.9 Å². The molecule has 0 aromatic heterocycles. The number of amidine groups is 1. The average Bonchev–Trinajstić information content (AvgIpc) is 2.41. The van der Waals surface area contributed by atoms with Crippen LogP contribution in [0.25, 0.3) is 0 Å². The second kappa shape index (κ2) is 7.53. The minimum absolute atomic E-state index is 0.250. The molecule has 0 saturated heterocycles. The van der Waals surface area contributed by atoms with Crippen molar-refractivity contribution in [2.45, 2.75) is 40.0 Å². The Labute approximate surface area is 129 Å². The van der Waals surface area contributed by atoms with Crippen LogP contribution in [0.3, 0.4) is 0 Å². The molecule has 0 saturated carbocycles. The maximum absolute atomic E-state index is 8.72. The van der Waals surface area contributed by atoms with Gasteiger partial charge in [0.05, 0.1) is 0 Å². The number of rotatable bonds is 7. The third-order valence-electron chi connectivity index (χ3n) is 3.61. The summed E-state index contributed by atoms with van der Waals surface area (Å²) in [4.78, 5) is 0. The van der Waals surface area contributed by atoms with Crippen LogP contribution in [0.15, 0.2) is 27.8 Å². The van der Waals surface area contributed by atoms with Gasteiger partial charge in [0.15, 0.2) is 0 Å². The number of halogens is 1.